The Labute approximate surface area is 107 Å². The summed E-state index contributed by atoms with van der Waals surface area (Å²) in [6.45, 7) is 4.11. The highest BCUT2D eigenvalue weighted by atomic mass is 16.6. The predicted octanol–water partition coefficient (Wildman–Crippen LogP) is 0.537. The standard InChI is InChI=1S/C11H19N5O2/c1-4-5-12-9-13-10(16(2)3)15-11(14-9)18-8-6-17-7-8/h8H,4-7H2,1-3H3,(H,12,13,14,15). The fourth-order valence-corrected chi connectivity index (χ4v) is 1.35. The Bertz CT molecular complexity index is 395. The summed E-state index contributed by atoms with van der Waals surface area (Å²) in [6, 6.07) is 0.348. The van der Waals surface area contributed by atoms with E-state index in [0.717, 1.165) is 13.0 Å². The summed E-state index contributed by atoms with van der Waals surface area (Å²) >= 11 is 0. The van der Waals surface area contributed by atoms with Crippen molar-refractivity contribution in [2.24, 2.45) is 0 Å². The molecule has 100 valence electrons. The van der Waals surface area contributed by atoms with Crippen LogP contribution in [0.1, 0.15) is 13.3 Å². The molecule has 0 aliphatic carbocycles. The van der Waals surface area contributed by atoms with Crippen LogP contribution < -0.4 is 15.0 Å². The minimum Gasteiger partial charge on any atom is -0.455 e. The van der Waals surface area contributed by atoms with Gasteiger partial charge in [-0.05, 0) is 6.42 Å². The number of rotatable bonds is 6. The van der Waals surface area contributed by atoms with E-state index < -0.39 is 0 Å². The van der Waals surface area contributed by atoms with Crippen molar-refractivity contribution in [2.75, 3.05) is 44.1 Å². The first-order valence-electron chi connectivity index (χ1n) is 6.10. The van der Waals surface area contributed by atoms with Gasteiger partial charge in [0.2, 0.25) is 11.9 Å². The molecule has 2 rings (SSSR count). The molecule has 7 heteroatoms. The summed E-state index contributed by atoms with van der Waals surface area (Å²) in [5.41, 5.74) is 0. The summed E-state index contributed by atoms with van der Waals surface area (Å²) in [5, 5.41) is 3.14. The SMILES string of the molecule is CCCNc1nc(OC2COC2)nc(N(C)C)n1. The number of nitrogens with zero attached hydrogens (tertiary/aromatic N) is 4. The first-order chi connectivity index (χ1) is 8.69. The molecule has 1 aliphatic heterocycles. The van der Waals surface area contributed by atoms with E-state index in [1.54, 1.807) is 0 Å². The van der Waals surface area contributed by atoms with E-state index in [2.05, 4.69) is 27.2 Å². The Kier molecular flexibility index (Phi) is 4.14. The van der Waals surface area contributed by atoms with E-state index in [1.807, 2.05) is 19.0 Å². The fraction of sp³-hybridized carbons (Fsp3) is 0.727. The van der Waals surface area contributed by atoms with Gasteiger partial charge in [0.05, 0.1) is 13.2 Å². The van der Waals surface area contributed by atoms with E-state index in [0.29, 0.717) is 31.1 Å². The third-order valence-electron chi connectivity index (χ3n) is 2.42. The smallest absolute Gasteiger partial charge is 0.323 e. The predicted molar refractivity (Wildman–Crippen MR) is 68.2 cm³/mol. The van der Waals surface area contributed by atoms with Crippen LogP contribution in [-0.4, -0.2) is 54.9 Å². The van der Waals surface area contributed by atoms with Gasteiger partial charge in [0.25, 0.3) is 0 Å². The van der Waals surface area contributed by atoms with Crippen molar-refractivity contribution >= 4 is 11.9 Å². The number of aromatic nitrogens is 3. The third-order valence-corrected chi connectivity index (χ3v) is 2.42. The van der Waals surface area contributed by atoms with Crippen molar-refractivity contribution < 1.29 is 9.47 Å². The van der Waals surface area contributed by atoms with Crippen molar-refractivity contribution in [3.8, 4) is 6.01 Å². The Hall–Kier alpha value is -1.63. The molecule has 1 aromatic rings. The Morgan fingerprint density at radius 3 is 2.67 bits per heavy atom. The van der Waals surface area contributed by atoms with Crippen molar-refractivity contribution in [1.29, 1.82) is 0 Å². The number of hydrogen-bond acceptors (Lipinski definition) is 7. The average molecular weight is 253 g/mol. The van der Waals surface area contributed by atoms with Crippen molar-refractivity contribution in [3.63, 3.8) is 0 Å². The molecule has 0 spiro atoms. The zero-order valence-corrected chi connectivity index (χ0v) is 11.0. The van der Waals surface area contributed by atoms with Crippen LogP contribution in [-0.2, 0) is 4.74 Å². The second-order valence-corrected chi connectivity index (χ2v) is 4.34. The van der Waals surface area contributed by atoms with Crippen LogP contribution in [0.4, 0.5) is 11.9 Å². The normalized spacial score (nSPS) is 15.1. The van der Waals surface area contributed by atoms with Gasteiger partial charge in [0.15, 0.2) is 0 Å². The summed E-state index contributed by atoms with van der Waals surface area (Å²) < 4.78 is 10.7. The molecule has 0 aromatic carbocycles. The zero-order valence-electron chi connectivity index (χ0n) is 11.0. The Morgan fingerprint density at radius 2 is 2.11 bits per heavy atom. The van der Waals surface area contributed by atoms with Crippen LogP contribution in [0.2, 0.25) is 0 Å². The highest BCUT2D eigenvalue weighted by Crippen LogP contribution is 2.16. The fourth-order valence-electron chi connectivity index (χ4n) is 1.35. The quantitative estimate of drug-likeness (QED) is 0.793. The highest BCUT2D eigenvalue weighted by molar-refractivity contribution is 5.36. The van der Waals surface area contributed by atoms with Gasteiger partial charge in [-0.1, -0.05) is 6.92 Å². The van der Waals surface area contributed by atoms with Gasteiger partial charge in [-0.25, -0.2) is 0 Å². The van der Waals surface area contributed by atoms with Gasteiger partial charge in [-0.15, -0.1) is 0 Å². The molecule has 2 heterocycles. The van der Waals surface area contributed by atoms with Gasteiger partial charge in [0, 0.05) is 20.6 Å². The second kappa shape index (κ2) is 5.81. The van der Waals surface area contributed by atoms with Crippen LogP contribution in [0.5, 0.6) is 6.01 Å². The monoisotopic (exact) mass is 253 g/mol. The van der Waals surface area contributed by atoms with Crippen molar-refractivity contribution in [1.82, 2.24) is 15.0 Å². The van der Waals surface area contributed by atoms with E-state index in [9.17, 15) is 0 Å². The molecule has 1 saturated heterocycles. The van der Waals surface area contributed by atoms with Crippen LogP contribution >= 0.6 is 0 Å². The van der Waals surface area contributed by atoms with Crippen LogP contribution in [0.25, 0.3) is 0 Å². The molecule has 1 aliphatic rings. The molecule has 1 fully saturated rings. The summed E-state index contributed by atoms with van der Waals surface area (Å²) in [7, 11) is 3.77. The Balaban J connectivity index is 2.12. The van der Waals surface area contributed by atoms with Gasteiger partial charge in [-0.3, -0.25) is 0 Å². The summed E-state index contributed by atoms with van der Waals surface area (Å²) in [4.78, 5) is 14.6. The van der Waals surface area contributed by atoms with E-state index >= 15 is 0 Å². The maximum atomic E-state index is 5.61. The molecular formula is C11H19N5O2. The lowest BCUT2D eigenvalue weighted by atomic mass is 10.3. The molecule has 0 saturated carbocycles. The highest BCUT2D eigenvalue weighted by Gasteiger charge is 2.22. The van der Waals surface area contributed by atoms with Crippen molar-refractivity contribution in [3.05, 3.63) is 0 Å². The van der Waals surface area contributed by atoms with E-state index in [1.165, 1.54) is 0 Å². The molecule has 0 atom stereocenters. The summed E-state index contributed by atoms with van der Waals surface area (Å²) in [5.74, 6) is 1.13. The topological polar surface area (TPSA) is 72.4 Å². The molecule has 7 nitrogen and oxygen atoms in total. The van der Waals surface area contributed by atoms with Gasteiger partial charge in [-0.2, -0.15) is 15.0 Å². The first kappa shape index (κ1) is 12.8. The number of ether oxygens (including phenoxy) is 2. The average Bonchev–Trinajstić information content (AvgIpc) is 2.31. The molecule has 0 unspecified atom stereocenters. The van der Waals surface area contributed by atoms with Crippen LogP contribution in [0.15, 0.2) is 0 Å². The minimum atomic E-state index is 0.0569. The molecule has 0 radical (unpaired) electrons. The Morgan fingerprint density at radius 1 is 1.33 bits per heavy atom. The largest absolute Gasteiger partial charge is 0.455 e. The van der Waals surface area contributed by atoms with Gasteiger partial charge >= 0.3 is 6.01 Å². The van der Waals surface area contributed by atoms with Crippen molar-refractivity contribution in [2.45, 2.75) is 19.4 Å². The number of nitrogens with one attached hydrogen (secondary N) is 1. The molecule has 0 bridgehead atoms. The summed E-state index contributed by atoms with van der Waals surface area (Å²) in [6.07, 6.45) is 1.07. The molecule has 1 aromatic heterocycles. The molecule has 18 heavy (non-hydrogen) atoms. The third kappa shape index (κ3) is 3.19. The van der Waals surface area contributed by atoms with E-state index in [-0.39, 0.29) is 6.10 Å². The number of anilines is 2. The lowest BCUT2D eigenvalue weighted by Crippen LogP contribution is -2.39. The maximum absolute atomic E-state index is 5.61. The lowest BCUT2D eigenvalue weighted by molar-refractivity contribution is -0.0831. The maximum Gasteiger partial charge on any atom is 0.323 e. The molecule has 0 amide bonds. The first-order valence-corrected chi connectivity index (χ1v) is 6.10. The molecule has 1 N–H and O–H groups in total. The van der Waals surface area contributed by atoms with Crippen LogP contribution in [0.3, 0.4) is 0 Å². The second-order valence-electron chi connectivity index (χ2n) is 4.34. The molecular weight excluding hydrogens is 234 g/mol. The van der Waals surface area contributed by atoms with Crippen LogP contribution in [0, 0.1) is 0 Å². The van der Waals surface area contributed by atoms with Gasteiger partial charge < -0.3 is 19.7 Å². The lowest BCUT2D eigenvalue weighted by Gasteiger charge is -2.25. The van der Waals surface area contributed by atoms with E-state index in [4.69, 9.17) is 9.47 Å². The van der Waals surface area contributed by atoms with Gasteiger partial charge in [0.1, 0.15) is 6.10 Å². The zero-order chi connectivity index (χ0) is 13.0. The number of hydrogen-bond donors (Lipinski definition) is 1. The minimum absolute atomic E-state index is 0.0569.